The van der Waals surface area contributed by atoms with Crippen LogP contribution in [0.4, 0.5) is 0 Å². The van der Waals surface area contributed by atoms with E-state index in [4.69, 9.17) is 5.73 Å². The highest BCUT2D eigenvalue weighted by Gasteiger charge is 2.31. The maximum atomic E-state index is 5.69. The zero-order valence-corrected chi connectivity index (χ0v) is 6.48. The molecule has 1 rings (SSSR count). The second-order valence-electron chi connectivity index (χ2n) is 3.85. The van der Waals surface area contributed by atoms with Crippen molar-refractivity contribution >= 4 is 0 Å². The van der Waals surface area contributed by atoms with Gasteiger partial charge in [0.05, 0.1) is 0 Å². The minimum atomic E-state index is 0.398. The van der Waals surface area contributed by atoms with Gasteiger partial charge in [-0.15, -0.1) is 0 Å². The Labute approximate surface area is 57.6 Å². The van der Waals surface area contributed by atoms with Gasteiger partial charge in [0.2, 0.25) is 0 Å². The molecule has 1 atom stereocenters. The van der Waals surface area contributed by atoms with Gasteiger partial charge >= 0.3 is 0 Å². The second kappa shape index (κ2) is 2.30. The van der Waals surface area contributed by atoms with Gasteiger partial charge in [-0.25, -0.2) is 0 Å². The molecule has 0 bridgehead atoms. The van der Waals surface area contributed by atoms with Gasteiger partial charge in [-0.2, -0.15) is 0 Å². The second-order valence-corrected chi connectivity index (χ2v) is 3.85. The fraction of sp³-hybridized carbons (Fsp3) is 1.00. The normalized spacial score (nSPS) is 27.0. The van der Waals surface area contributed by atoms with E-state index in [2.05, 4.69) is 13.8 Å². The largest absolute Gasteiger partial charge is 0.328 e. The molecule has 0 aromatic carbocycles. The van der Waals surface area contributed by atoms with Crippen molar-refractivity contribution in [1.29, 1.82) is 0 Å². The van der Waals surface area contributed by atoms with Crippen LogP contribution in [-0.4, -0.2) is 6.04 Å². The third-order valence-corrected chi connectivity index (χ3v) is 2.38. The maximum Gasteiger partial charge on any atom is 0.00156 e. The van der Waals surface area contributed by atoms with Crippen LogP contribution in [0, 0.1) is 5.41 Å². The first-order valence-corrected chi connectivity index (χ1v) is 3.88. The average molecular weight is 127 g/mol. The van der Waals surface area contributed by atoms with Crippen molar-refractivity contribution in [3.05, 3.63) is 0 Å². The van der Waals surface area contributed by atoms with Crippen LogP contribution < -0.4 is 5.73 Å². The van der Waals surface area contributed by atoms with E-state index < -0.39 is 0 Å². The fourth-order valence-corrected chi connectivity index (χ4v) is 1.76. The molecule has 0 saturated heterocycles. The lowest BCUT2D eigenvalue weighted by Crippen LogP contribution is -2.32. The highest BCUT2D eigenvalue weighted by Crippen LogP contribution is 2.43. The van der Waals surface area contributed by atoms with Crippen molar-refractivity contribution in [3.63, 3.8) is 0 Å². The van der Waals surface area contributed by atoms with Crippen LogP contribution in [0.1, 0.15) is 39.5 Å². The Morgan fingerprint density at radius 3 is 2.22 bits per heavy atom. The van der Waals surface area contributed by atoms with E-state index in [1.54, 1.807) is 0 Å². The SMILES string of the molecule is CC(N)CC1(C)CCC1. The van der Waals surface area contributed by atoms with Gasteiger partial charge in [0.25, 0.3) is 0 Å². The smallest absolute Gasteiger partial charge is 0.00156 e. The predicted octanol–water partition coefficient (Wildman–Crippen LogP) is 1.91. The molecule has 1 aliphatic rings. The minimum absolute atomic E-state index is 0.398. The van der Waals surface area contributed by atoms with E-state index in [1.165, 1.54) is 25.7 Å². The molecule has 1 saturated carbocycles. The monoisotopic (exact) mass is 127 g/mol. The zero-order valence-electron chi connectivity index (χ0n) is 6.48. The summed E-state index contributed by atoms with van der Waals surface area (Å²) in [6.45, 7) is 4.45. The number of hydrogen-bond acceptors (Lipinski definition) is 1. The van der Waals surface area contributed by atoms with E-state index in [0.29, 0.717) is 11.5 Å². The summed E-state index contributed by atoms with van der Waals surface area (Å²) in [6, 6.07) is 0.398. The van der Waals surface area contributed by atoms with Gasteiger partial charge in [-0.1, -0.05) is 13.3 Å². The molecule has 0 heterocycles. The average Bonchev–Trinajstić information content (AvgIpc) is 1.60. The molecule has 1 nitrogen and oxygen atoms in total. The van der Waals surface area contributed by atoms with E-state index in [1.807, 2.05) is 0 Å². The topological polar surface area (TPSA) is 26.0 Å². The molecule has 0 aromatic heterocycles. The molecular weight excluding hydrogens is 110 g/mol. The lowest BCUT2D eigenvalue weighted by atomic mass is 9.67. The van der Waals surface area contributed by atoms with Crippen LogP contribution >= 0.6 is 0 Å². The Morgan fingerprint density at radius 1 is 1.56 bits per heavy atom. The van der Waals surface area contributed by atoms with Crippen molar-refractivity contribution < 1.29 is 0 Å². The summed E-state index contributed by atoms with van der Waals surface area (Å²) >= 11 is 0. The summed E-state index contributed by atoms with van der Waals surface area (Å²) in [5.74, 6) is 0. The van der Waals surface area contributed by atoms with Crippen molar-refractivity contribution in [2.75, 3.05) is 0 Å². The van der Waals surface area contributed by atoms with Crippen molar-refractivity contribution in [3.8, 4) is 0 Å². The summed E-state index contributed by atoms with van der Waals surface area (Å²) in [7, 11) is 0. The van der Waals surface area contributed by atoms with Crippen LogP contribution in [0.2, 0.25) is 0 Å². The first kappa shape index (κ1) is 7.07. The molecule has 1 aliphatic carbocycles. The molecular formula is C8H17N. The molecule has 0 aliphatic heterocycles. The lowest BCUT2D eigenvalue weighted by molar-refractivity contribution is 0.137. The quantitative estimate of drug-likeness (QED) is 0.602. The van der Waals surface area contributed by atoms with Crippen LogP contribution in [0.5, 0.6) is 0 Å². The highest BCUT2D eigenvalue weighted by atomic mass is 14.6. The molecule has 9 heavy (non-hydrogen) atoms. The summed E-state index contributed by atoms with van der Waals surface area (Å²) in [5.41, 5.74) is 6.31. The van der Waals surface area contributed by atoms with Crippen LogP contribution in [0.3, 0.4) is 0 Å². The Morgan fingerprint density at radius 2 is 2.11 bits per heavy atom. The molecule has 0 radical (unpaired) electrons. The Bertz CT molecular complexity index is 92.7. The summed E-state index contributed by atoms with van der Waals surface area (Å²) < 4.78 is 0. The minimum Gasteiger partial charge on any atom is -0.328 e. The van der Waals surface area contributed by atoms with E-state index >= 15 is 0 Å². The summed E-state index contributed by atoms with van der Waals surface area (Å²) in [4.78, 5) is 0. The summed E-state index contributed by atoms with van der Waals surface area (Å²) in [6.07, 6.45) is 5.43. The van der Waals surface area contributed by atoms with Crippen molar-refractivity contribution in [2.24, 2.45) is 11.1 Å². The molecule has 1 heteroatoms. The van der Waals surface area contributed by atoms with Gasteiger partial charge in [0.1, 0.15) is 0 Å². The molecule has 1 unspecified atom stereocenters. The van der Waals surface area contributed by atoms with Gasteiger partial charge in [0.15, 0.2) is 0 Å². The fourth-order valence-electron chi connectivity index (χ4n) is 1.76. The van der Waals surface area contributed by atoms with Gasteiger partial charge < -0.3 is 5.73 Å². The van der Waals surface area contributed by atoms with Crippen LogP contribution in [0.15, 0.2) is 0 Å². The first-order chi connectivity index (χ1) is 4.12. The lowest BCUT2D eigenvalue weighted by Gasteiger charge is -2.39. The number of hydrogen-bond donors (Lipinski definition) is 1. The molecule has 0 amide bonds. The molecule has 2 N–H and O–H groups in total. The Hall–Kier alpha value is -0.0400. The molecule has 1 fully saturated rings. The standard InChI is InChI=1S/C8H17N/c1-7(9)6-8(2)4-3-5-8/h7H,3-6,9H2,1-2H3. The van der Waals surface area contributed by atoms with Crippen molar-refractivity contribution in [2.45, 2.75) is 45.6 Å². The Kier molecular flexibility index (Phi) is 1.80. The Balaban J connectivity index is 2.24. The number of nitrogens with two attached hydrogens (primary N) is 1. The van der Waals surface area contributed by atoms with E-state index in [-0.39, 0.29) is 0 Å². The highest BCUT2D eigenvalue weighted by molar-refractivity contribution is 4.85. The van der Waals surface area contributed by atoms with Gasteiger partial charge in [-0.05, 0) is 31.6 Å². The van der Waals surface area contributed by atoms with E-state index in [0.717, 1.165) is 0 Å². The van der Waals surface area contributed by atoms with Gasteiger partial charge in [0, 0.05) is 6.04 Å². The van der Waals surface area contributed by atoms with Crippen molar-refractivity contribution in [1.82, 2.24) is 0 Å². The van der Waals surface area contributed by atoms with E-state index in [9.17, 15) is 0 Å². The molecule has 54 valence electrons. The zero-order chi connectivity index (χ0) is 6.91. The predicted molar refractivity (Wildman–Crippen MR) is 40.2 cm³/mol. The molecule has 0 aromatic rings. The van der Waals surface area contributed by atoms with Gasteiger partial charge in [-0.3, -0.25) is 0 Å². The first-order valence-electron chi connectivity index (χ1n) is 3.88. The summed E-state index contributed by atoms with van der Waals surface area (Å²) in [5, 5.41) is 0. The number of rotatable bonds is 2. The van der Waals surface area contributed by atoms with Crippen LogP contribution in [0.25, 0.3) is 0 Å². The third kappa shape index (κ3) is 1.68. The maximum absolute atomic E-state index is 5.69. The van der Waals surface area contributed by atoms with Crippen LogP contribution in [-0.2, 0) is 0 Å². The third-order valence-electron chi connectivity index (χ3n) is 2.38. The molecule has 0 spiro atoms.